The Balaban J connectivity index is 2.18. The Hall–Kier alpha value is -0.0800. The fourth-order valence-electron chi connectivity index (χ4n) is 1.62. The van der Waals surface area contributed by atoms with E-state index in [1.165, 1.54) is 12.8 Å². The van der Waals surface area contributed by atoms with Crippen LogP contribution in [0.4, 0.5) is 0 Å². The van der Waals surface area contributed by atoms with Gasteiger partial charge in [0.15, 0.2) is 0 Å². The van der Waals surface area contributed by atoms with Gasteiger partial charge in [0.05, 0.1) is 18.8 Å². The summed E-state index contributed by atoms with van der Waals surface area (Å²) in [4.78, 5) is 0. The maximum Gasteiger partial charge on any atom is 0.0829 e. The predicted molar refractivity (Wildman–Crippen MR) is 49.2 cm³/mol. The van der Waals surface area contributed by atoms with Gasteiger partial charge in [-0.15, -0.1) is 0 Å². The molecular weight excluding hydrogens is 152 g/mol. The molecule has 1 aliphatic heterocycles. The van der Waals surface area contributed by atoms with Gasteiger partial charge in [-0.1, -0.05) is 20.3 Å². The Morgan fingerprint density at radius 2 is 2.33 bits per heavy atom. The molecule has 0 N–H and O–H groups in total. The molecule has 1 aliphatic rings. The first-order valence-electron chi connectivity index (χ1n) is 4.90. The second-order valence-electron chi connectivity index (χ2n) is 3.80. The van der Waals surface area contributed by atoms with Crippen LogP contribution in [0, 0.1) is 5.92 Å². The van der Waals surface area contributed by atoms with Gasteiger partial charge in [-0.05, 0) is 12.3 Å². The molecular formula is C10H20O2. The molecule has 1 saturated heterocycles. The molecule has 0 amide bonds. The fraction of sp³-hybridized carbons (Fsp3) is 1.00. The highest BCUT2D eigenvalue weighted by atomic mass is 16.5. The van der Waals surface area contributed by atoms with E-state index >= 15 is 0 Å². The van der Waals surface area contributed by atoms with Crippen LogP contribution in [0.5, 0.6) is 0 Å². The molecule has 1 heterocycles. The molecule has 0 aromatic carbocycles. The molecule has 1 rings (SSSR count). The summed E-state index contributed by atoms with van der Waals surface area (Å²) in [5.41, 5.74) is 0. The zero-order chi connectivity index (χ0) is 8.97. The zero-order valence-electron chi connectivity index (χ0n) is 8.38. The lowest BCUT2D eigenvalue weighted by Gasteiger charge is -2.13. The summed E-state index contributed by atoms with van der Waals surface area (Å²) in [6.45, 7) is 5.30. The predicted octanol–water partition coefficient (Wildman–Crippen LogP) is 2.23. The summed E-state index contributed by atoms with van der Waals surface area (Å²) in [7, 11) is 1.76. The molecule has 2 nitrogen and oxygen atoms in total. The zero-order valence-corrected chi connectivity index (χ0v) is 8.38. The van der Waals surface area contributed by atoms with Crippen LogP contribution >= 0.6 is 0 Å². The standard InChI is InChI=1S/C10H20O2/c1-4-8(2)5-9-6-10(11-3)7-12-9/h8-10H,4-7H2,1-3H3. The van der Waals surface area contributed by atoms with E-state index in [1.54, 1.807) is 7.11 Å². The van der Waals surface area contributed by atoms with Gasteiger partial charge in [0.2, 0.25) is 0 Å². The maximum atomic E-state index is 5.60. The molecule has 0 bridgehead atoms. The molecule has 0 aromatic rings. The molecule has 0 aliphatic carbocycles. The first-order valence-corrected chi connectivity index (χ1v) is 4.90. The van der Waals surface area contributed by atoms with E-state index in [4.69, 9.17) is 9.47 Å². The van der Waals surface area contributed by atoms with Crippen LogP contribution in [0.15, 0.2) is 0 Å². The number of ether oxygens (including phenoxy) is 2. The highest BCUT2D eigenvalue weighted by molar-refractivity contribution is 4.74. The quantitative estimate of drug-likeness (QED) is 0.647. The number of hydrogen-bond acceptors (Lipinski definition) is 2. The number of hydrogen-bond donors (Lipinski definition) is 0. The van der Waals surface area contributed by atoms with Gasteiger partial charge in [-0.3, -0.25) is 0 Å². The first kappa shape index (κ1) is 10.0. The number of rotatable bonds is 4. The summed E-state index contributed by atoms with van der Waals surface area (Å²) in [5, 5.41) is 0. The lowest BCUT2D eigenvalue weighted by atomic mass is 9.99. The van der Waals surface area contributed by atoms with Gasteiger partial charge in [0.25, 0.3) is 0 Å². The van der Waals surface area contributed by atoms with Crippen molar-refractivity contribution in [2.45, 2.75) is 45.3 Å². The van der Waals surface area contributed by atoms with Crippen molar-refractivity contribution in [2.24, 2.45) is 5.92 Å². The topological polar surface area (TPSA) is 18.5 Å². The van der Waals surface area contributed by atoms with E-state index in [-0.39, 0.29) is 0 Å². The van der Waals surface area contributed by atoms with Gasteiger partial charge in [0.1, 0.15) is 0 Å². The molecule has 2 heteroatoms. The van der Waals surface area contributed by atoms with E-state index in [2.05, 4.69) is 13.8 Å². The van der Waals surface area contributed by atoms with Crippen LogP contribution in [0.2, 0.25) is 0 Å². The molecule has 0 aromatic heterocycles. The van der Waals surface area contributed by atoms with Gasteiger partial charge in [0, 0.05) is 13.5 Å². The molecule has 3 atom stereocenters. The van der Waals surface area contributed by atoms with Crippen molar-refractivity contribution in [3.63, 3.8) is 0 Å². The maximum absolute atomic E-state index is 5.60. The molecule has 0 radical (unpaired) electrons. The molecule has 3 unspecified atom stereocenters. The van der Waals surface area contributed by atoms with E-state index in [0.717, 1.165) is 18.9 Å². The van der Waals surface area contributed by atoms with Crippen molar-refractivity contribution in [2.75, 3.05) is 13.7 Å². The second kappa shape index (κ2) is 4.83. The number of methoxy groups -OCH3 is 1. The minimum absolute atomic E-state index is 0.346. The molecule has 12 heavy (non-hydrogen) atoms. The molecule has 72 valence electrons. The van der Waals surface area contributed by atoms with Crippen molar-refractivity contribution >= 4 is 0 Å². The van der Waals surface area contributed by atoms with Gasteiger partial charge >= 0.3 is 0 Å². The van der Waals surface area contributed by atoms with Crippen LogP contribution in [-0.4, -0.2) is 25.9 Å². The molecule has 0 spiro atoms. The van der Waals surface area contributed by atoms with Crippen LogP contribution < -0.4 is 0 Å². The van der Waals surface area contributed by atoms with Crippen molar-refractivity contribution < 1.29 is 9.47 Å². The molecule has 0 saturated carbocycles. The van der Waals surface area contributed by atoms with Crippen LogP contribution in [0.25, 0.3) is 0 Å². The van der Waals surface area contributed by atoms with Crippen molar-refractivity contribution in [3.8, 4) is 0 Å². The Bertz CT molecular complexity index is 125. The highest BCUT2D eigenvalue weighted by Crippen LogP contribution is 2.22. The minimum atomic E-state index is 0.346. The highest BCUT2D eigenvalue weighted by Gasteiger charge is 2.25. The van der Waals surface area contributed by atoms with E-state index in [0.29, 0.717) is 12.2 Å². The largest absolute Gasteiger partial charge is 0.379 e. The lowest BCUT2D eigenvalue weighted by molar-refractivity contribution is 0.0603. The van der Waals surface area contributed by atoms with Crippen LogP contribution in [0.1, 0.15) is 33.1 Å². The second-order valence-corrected chi connectivity index (χ2v) is 3.80. The minimum Gasteiger partial charge on any atom is -0.379 e. The summed E-state index contributed by atoms with van der Waals surface area (Å²) in [6, 6.07) is 0. The first-order chi connectivity index (χ1) is 5.76. The lowest BCUT2D eigenvalue weighted by Crippen LogP contribution is -2.12. The summed E-state index contributed by atoms with van der Waals surface area (Å²) in [5.74, 6) is 0.783. The third kappa shape index (κ3) is 2.76. The third-order valence-corrected chi connectivity index (χ3v) is 2.74. The van der Waals surface area contributed by atoms with Crippen LogP contribution in [-0.2, 0) is 9.47 Å². The summed E-state index contributed by atoms with van der Waals surface area (Å²) in [6.07, 6.45) is 4.32. The summed E-state index contributed by atoms with van der Waals surface area (Å²) < 4.78 is 10.8. The summed E-state index contributed by atoms with van der Waals surface area (Å²) >= 11 is 0. The van der Waals surface area contributed by atoms with Crippen molar-refractivity contribution in [1.29, 1.82) is 0 Å². The smallest absolute Gasteiger partial charge is 0.0829 e. The monoisotopic (exact) mass is 172 g/mol. The van der Waals surface area contributed by atoms with E-state index in [1.807, 2.05) is 0 Å². The normalized spacial score (nSPS) is 32.2. The third-order valence-electron chi connectivity index (χ3n) is 2.74. The Morgan fingerprint density at radius 1 is 1.58 bits per heavy atom. The van der Waals surface area contributed by atoms with E-state index in [9.17, 15) is 0 Å². The van der Waals surface area contributed by atoms with Crippen molar-refractivity contribution in [1.82, 2.24) is 0 Å². The Morgan fingerprint density at radius 3 is 2.83 bits per heavy atom. The average molecular weight is 172 g/mol. The van der Waals surface area contributed by atoms with Crippen LogP contribution in [0.3, 0.4) is 0 Å². The Kier molecular flexibility index (Phi) is 4.02. The Labute approximate surface area is 75.2 Å². The van der Waals surface area contributed by atoms with Gasteiger partial charge in [-0.2, -0.15) is 0 Å². The van der Waals surface area contributed by atoms with Crippen molar-refractivity contribution in [3.05, 3.63) is 0 Å². The van der Waals surface area contributed by atoms with Gasteiger partial charge < -0.3 is 9.47 Å². The molecule has 1 fully saturated rings. The SMILES string of the molecule is CCC(C)CC1CC(OC)CO1. The van der Waals surface area contributed by atoms with Gasteiger partial charge in [-0.25, -0.2) is 0 Å². The average Bonchev–Trinajstić information content (AvgIpc) is 2.52. The fourth-order valence-corrected chi connectivity index (χ4v) is 1.62. The van der Waals surface area contributed by atoms with E-state index < -0.39 is 0 Å².